The van der Waals surface area contributed by atoms with E-state index in [9.17, 15) is 0 Å². The lowest BCUT2D eigenvalue weighted by atomic mass is 10.0. The zero-order chi connectivity index (χ0) is 13.2. The van der Waals surface area contributed by atoms with Gasteiger partial charge in [0, 0.05) is 6.61 Å². The van der Waals surface area contributed by atoms with Gasteiger partial charge in [-0.25, -0.2) is 0 Å². The fourth-order valence-electron chi connectivity index (χ4n) is 1.80. The van der Waals surface area contributed by atoms with Gasteiger partial charge in [0.05, 0.1) is 6.61 Å². The first-order valence-corrected chi connectivity index (χ1v) is 6.36. The van der Waals surface area contributed by atoms with Crippen molar-refractivity contribution in [3.05, 3.63) is 54.6 Å². The molecule has 1 aromatic carbocycles. The highest BCUT2D eigenvalue weighted by molar-refractivity contribution is 5.43. The lowest BCUT2D eigenvalue weighted by molar-refractivity contribution is 0.109. The van der Waals surface area contributed by atoms with Crippen LogP contribution in [-0.2, 0) is 17.6 Å². The van der Waals surface area contributed by atoms with Crippen molar-refractivity contribution < 1.29 is 9.47 Å². The molecule has 0 atom stereocenters. The fraction of sp³-hybridized carbons (Fsp3) is 0.375. The maximum Gasteiger partial charge on any atom is 0.126 e. The minimum absolute atomic E-state index is 0.576. The average Bonchev–Trinajstić information content (AvgIpc) is 2.38. The Kier molecular flexibility index (Phi) is 6.89. The van der Waals surface area contributed by atoms with Crippen LogP contribution in [0.4, 0.5) is 0 Å². The topological polar surface area (TPSA) is 18.5 Å². The van der Waals surface area contributed by atoms with Crippen LogP contribution in [0.25, 0.3) is 0 Å². The molecule has 0 amide bonds. The van der Waals surface area contributed by atoms with Crippen LogP contribution in [0.3, 0.4) is 0 Å². The standard InChI is InChI=1S/C16H22O2/c1-4-8-14-10-7-11-15(9-5-2)16(14)18-13-12-17-6-3/h4-5,7,10-11H,1-2,6,8-9,12-13H2,3H3. The van der Waals surface area contributed by atoms with Crippen LogP contribution >= 0.6 is 0 Å². The van der Waals surface area contributed by atoms with E-state index in [-0.39, 0.29) is 0 Å². The molecule has 0 radical (unpaired) electrons. The Bertz CT molecular complexity index is 354. The number of para-hydroxylation sites is 1. The van der Waals surface area contributed by atoms with E-state index in [2.05, 4.69) is 25.3 Å². The Morgan fingerprint density at radius 3 is 2.17 bits per heavy atom. The van der Waals surface area contributed by atoms with E-state index in [4.69, 9.17) is 9.47 Å². The SMILES string of the molecule is C=CCc1cccc(CC=C)c1OCCOCC. The summed E-state index contributed by atoms with van der Waals surface area (Å²) >= 11 is 0. The zero-order valence-electron chi connectivity index (χ0n) is 11.2. The Balaban J connectivity index is 2.80. The Hall–Kier alpha value is -1.54. The summed E-state index contributed by atoms with van der Waals surface area (Å²) in [6.07, 6.45) is 5.41. The third-order valence-electron chi connectivity index (χ3n) is 2.58. The second-order valence-electron chi connectivity index (χ2n) is 3.94. The van der Waals surface area contributed by atoms with Crippen molar-refractivity contribution in [3.63, 3.8) is 0 Å². The molecule has 0 N–H and O–H groups in total. The van der Waals surface area contributed by atoms with Gasteiger partial charge in [-0.05, 0) is 30.9 Å². The Labute approximate surface area is 110 Å². The summed E-state index contributed by atoms with van der Waals surface area (Å²) in [7, 11) is 0. The van der Waals surface area contributed by atoms with E-state index in [0.29, 0.717) is 13.2 Å². The summed E-state index contributed by atoms with van der Waals surface area (Å²) in [5.41, 5.74) is 2.33. The van der Waals surface area contributed by atoms with Crippen LogP contribution < -0.4 is 4.74 Å². The highest BCUT2D eigenvalue weighted by Gasteiger charge is 2.07. The smallest absolute Gasteiger partial charge is 0.126 e. The predicted octanol–water partition coefficient (Wildman–Crippen LogP) is 3.56. The summed E-state index contributed by atoms with van der Waals surface area (Å²) in [5.74, 6) is 0.956. The van der Waals surface area contributed by atoms with Gasteiger partial charge < -0.3 is 9.47 Å². The number of hydrogen-bond acceptors (Lipinski definition) is 2. The second-order valence-corrected chi connectivity index (χ2v) is 3.94. The van der Waals surface area contributed by atoms with Crippen molar-refractivity contribution in [2.75, 3.05) is 19.8 Å². The lowest BCUT2D eigenvalue weighted by Gasteiger charge is -2.14. The molecule has 0 heterocycles. The molecule has 0 saturated heterocycles. The van der Waals surface area contributed by atoms with Gasteiger partial charge >= 0.3 is 0 Å². The summed E-state index contributed by atoms with van der Waals surface area (Å²) < 4.78 is 11.1. The molecule has 2 nitrogen and oxygen atoms in total. The number of hydrogen-bond donors (Lipinski definition) is 0. The molecule has 0 aliphatic heterocycles. The van der Waals surface area contributed by atoms with Crippen molar-refractivity contribution in [2.24, 2.45) is 0 Å². The second kappa shape index (κ2) is 8.54. The lowest BCUT2D eigenvalue weighted by Crippen LogP contribution is -2.09. The predicted molar refractivity (Wildman–Crippen MR) is 76.2 cm³/mol. The van der Waals surface area contributed by atoms with Crippen LogP contribution in [0.1, 0.15) is 18.1 Å². The normalized spacial score (nSPS) is 10.1. The van der Waals surface area contributed by atoms with Crippen LogP contribution in [0.15, 0.2) is 43.5 Å². The van der Waals surface area contributed by atoms with E-state index in [1.54, 1.807) is 0 Å². The number of benzene rings is 1. The molecule has 0 aliphatic rings. The summed E-state index contributed by atoms with van der Waals surface area (Å²) in [5, 5.41) is 0. The zero-order valence-corrected chi connectivity index (χ0v) is 11.2. The maximum atomic E-state index is 5.85. The number of allylic oxidation sites excluding steroid dienone is 2. The van der Waals surface area contributed by atoms with Crippen LogP contribution in [-0.4, -0.2) is 19.8 Å². The first-order valence-electron chi connectivity index (χ1n) is 6.36. The molecular weight excluding hydrogens is 224 g/mol. The largest absolute Gasteiger partial charge is 0.491 e. The minimum atomic E-state index is 0.576. The fourth-order valence-corrected chi connectivity index (χ4v) is 1.80. The van der Waals surface area contributed by atoms with Crippen molar-refractivity contribution >= 4 is 0 Å². The van der Waals surface area contributed by atoms with Crippen LogP contribution in [0, 0.1) is 0 Å². The molecule has 0 aliphatic carbocycles. The molecule has 18 heavy (non-hydrogen) atoms. The molecule has 1 rings (SSSR count). The monoisotopic (exact) mass is 246 g/mol. The van der Waals surface area contributed by atoms with Gasteiger partial charge in [-0.3, -0.25) is 0 Å². The molecule has 0 fully saturated rings. The number of rotatable bonds is 9. The van der Waals surface area contributed by atoms with E-state index < -0.39 is 0 Å². The van der Waals surface area contributed by atoms with Crippen LogP contribution in [0.5, 0.6) is 5.75 Å². The molecule has 0 spiro atoms. The third-order valence-corrected chi connectivity index (χ3v) is 2.58. The van der Waals surface area contributed by atoms with Gasteiger partial charge in [-0.1, -0.05) is 30.4 Å². The molecular formula is C16H22O2. The highest BCUT2D eigenvalue weighted by Crippen LogP contribution is 2.25. The van der Waals surface area contributed by atoms with Crippen molar-refractivity contribution in [1.82, 2.24) is 0 Å². The van der Waals surface area contributed by atoms with Gasteiger partial charge in [0.1, 0.15) is 12.4 Å². The van der Waals surface area contributed by atoms with E-state index in [1.165, 1.54) is 11.1 Å². The quantitative estimate of drug-likeness (QED) is 0.490. The summed E-state index contributed by atoms with van der Waals surface area (Å²) in [4.78, 5) is 0. The molecule has 98 valence electrons. The molecule has 0 aromatic heterocycles. The third kappa shape index (κ3) is 4.38. The Morgan fingerprint density at radius 1 is 1.06 bits per heavy atom. The first-order chi connectivity index (χ1) is 8.83. The summed E-state index contributed by atoms with van der Waals surface area (Å²) in [6, 6.07) is 6.20. The van der Waals surface area contributed by atoms with Crippen LogP contribution in [0.2, 0.25) is 0 Å². The molecule has 0 unspecified atom stereocenters. The summed E-state index contributed by atoms with van der Waals surface area (Å²) in [6.45, 7) is 11.5. The van der Waals surface area contributed by atoms with Gasteiger partial charge in [0.25, 0.3) is 0 Å². The first kappa shape index (κ1) is 14.5. The van der Waals surface area contributed by atoms with E-state index in [0.717, 1.165) is 25.2 Å². The highest BCUT2D eigenvalue weighted by atomic mass is 16.5. The van der Waals surface area contributed by atoms with Gasteiger partial charge in [-0.15, -0.1) is 13.2 Å². The van der Waals surface area contributed by atoms with Gasteiger partial charge in [-0.2, -0.15) is 0 Å². The molecule has 0 saturated carbocycles. The maximum absolute atomic E-state index is 5.85. The van der Waals surface area contributed by atoms with Gasteiger partial charge in [0.2, 0.25) is 0 Å². The number of ether oxygens (including phenoxy) is 2. The van der Waals surface area contributed by atoms with E-state index >= 15 is 0 Å². The van der Waals surface area contributed by atoms with E-state index in [1.807, 2.05) is 25.1 Å². The molecule has 2 heteroatoms. The minimum Gasteiger partial charge on any atom is -0.491 e. The average molecular weight is 246 g/mol. The van der Waals surface area contributed by atoms with Gasteiger partial charge in [0.15, 0.2) is 0 Å². The molecule has 1 aromatic rings. The van der Waals surface area contributed by atoms with Crippen molar-refractivity contribution in [1.29, 1.82) is 0 Å². The Morgan fingerprint density at radius 2 is 1.67 bits per heavy atom. The van der Waals surface area contributed by atoms with Crippen molar-refractivity contribution in [3.8, 4) is 5.75 Å². The molecule has 0 bridgehead atoms. The van der Waals surface area contributed by atoms with Crippen molar-refractivity contribution in [2.45, 2.75) is 19.8 Å².